The Morgan fingerprint density at radius 2 is 2.07 bits per heavy atom. The molecular formula is C22H22F3N3O2. The van der Waals surface area contributed by atoms with Gasteiger partial charge in [0.1, 0.15) is 17.2 Å². The molecule has 1 aromatic carbocycles. The van der Waals surface area contributed by atoms with Crippen molar-refractivity contribution in [2.45, 2.75) is 32.0 Å². The molecule has 1 fully saturated rings. The minimum atomic E-state index is -4.49. The Kier molecular flexibility index (Phi) is 5.40. The minimum absolute atomic E-state index is 0.118. The number of nitrogens with one attached hydrogen (secondary N) is 1. The molecule has 8 heteroatoms. The van der Waals surface area contributed by atoms with Crippen LogP contribution in [0.1, 0.15) is 37.1 Å². The summed E-state index contributed by atoms with van der Waals surface area (Å²) in [4.78, 5) is 18.3. The zero-order chi connectivity index (χ0) is 21.3. The first kappa shape index (κ1) is 20.3. The minimum Gasteiger partial charge on any atom is -0.459 e. The normalized spacial score (nSPS) is 18.4. The number of para-hydroxylation sites is 1. The number of pyridine rings is 1. The number of halogens is 3. The van der Waals surface area contributed by atoms with Crippen LogP contribution >= 0.6 is 0 Å². The van der Waals surface area contributed by atoms with E-state index in [2.05, 4.69) is 10.3 Å². The van der Waals surface area contributed by atoms with Crippen molar-refractivity contribution in [1.82, 2.24) is 10.3 Å². The van der Waals surface area contributed by atoms with Gasteiger partial charge in [-0.05, 0) is 44.0 Å². The van der Waals surface area contributed by atoms with Crippen LogP contribution in [-0.4, -0.2) is 24.0 Å². The number of alkyl halides is 3. The number of furan rings is 1. The third kappa shape index (κ3) is 4.13. The summed E-state index contributed by atoms with van der Waals surface area (Å²) in [5, 5.41) is 3.89. The van der Waals surface area contributed by atoms with Gasteiger partial charge < -0.3 is 14.6 Å². The van der Waals surface area contributed by atoms with Crippen molar-refractivity contribution in [2.24, 2.45) is 5.92 Å². The fraction of sp³-hybridized carbons (Fsp3) is 0.364. The standard InChI is InChI=1S/C22H22F3N3O2/c1-14(19-12-15-6-2-3-9-18(15)30-19)27-21(29)16-7-5-11-28(13-16)20-17(22(23,24)25)8-4-10-26-20/h2-4,6,8-10,12,14,16H,5,7,11,13H2,1H3,(H,27,29). The second-order valence-corrected chi connectivity index (χ2v) is 7.57. The van der Waals surface area contributed by atoms with Gasteiger partial charge in [-0.3, -0.25) is 4.79 Å². The van der Waals surface area contributed by atoms with Crippen LogP contribution in [0, 0.1) is 5.92 Å². The maximum atomic E-state index is 13.4. The molecule has 2 aromatic heterocycles. The summed E-state index contributed by atoms with van der Waals surface area (Å²) < 4.78 is 45.9. The van der Waals surface area contributed by atoms with E-state index in [1.165, 1.54) is 12.3 Å². The molecule has 1 N–H and O–H groups in total. The Bertz CT molecular complexity index is 1010. The lowest BCUT2D eigenvalue weighted by Gasteiger charge is -2.34. The highest BCUT2D eigenvalue weighted by atomic mass is 19.4. The molecule has 2 unspecified atom stereocenters. The lowest BCUT2D eigenvalue weighted by atomic mass is 9.96. The highest BCUT2D eigenvalue weighted by molar-refractivity contribution is 5.81. The lowest BCUT2D eigenvalue weighted by Crippen LogP contribution is -2.44. The number of hydrogen-bond donors (Lipinski definition) is 1. The number of rotatable bonds is 4. The quantitative estimate of drug-likeness (QED) is 0.653. The molecule has 1 aliphatic rings. The van der Waals surface area contributed by atoms with Crippen LogP contribution in [0.3, 0.4) is 0 Å². The Balaban J connectivity index is 1.46. The van der Waals surface area contributed by atoms with Crippen molar-refractivity contribution in [1.29, 1.82) is 0 Å². The van der Waals surface area contributed by atoms with Gasteiger partial charge >= 0.3 is 6.18 Å². The third-order valence-corrected chi connectivity index (χ3v) is 5.41. The largest absolute Gasteiger partial charge is 0.459 e. The number of carbonyl (C=O) groups excluding carboxylic acids is 1. The van der Waals surface area contributed by atoms with Gasteiger partial charge in [-0.2, -0.15) is 13.2 Å². The molecule has 1 aliphatic heterocycles. The molecule has 30 heavy (non-hydrogen) atoms. The van der Waals surface area contributed by atoms with Gasteiger partial charge in [0.15, 0.2) is 0 Å². The summed E-state index contributed by atoms with van der Waals surface area (Å²) in [6.45, 7) is 2.46. The monoisotopic (exact) mass is 417 g/mol. The topological polar surface area (TPSA) is 58.4 Å². The molecule has 4 rings (SSSR count). The first-order chi connectivity index (χ1) is 14.3. The first-order valence-electron chi connectivity index (χ1n) is 9.89. The van der Waals surface area contributed by atoms with Crippen molar-refractivity contribution in [3.05, 3.63) is 60.0 Å². The average molecular weight is 417 g/mol. The van der Waals surface area contributed by atoms with Gasteiger partial charge in [-0.25, -0.2) is 4.98 Å². The van der Waals surface area contributed by atoms with E-state index in [1.54, 1.807) is 4.90 Å². The fourth-order valence-electron chi connectivity index (χ4n) is 3.87. The zero-order valence-electron chi connectivity index (χ0n) is 16.4. The van der Waals surface area contributed by atoms with Crippen LogP contribution < -0.4 is 10.2 Å². The molecule has 3 heterocycles. The predicted octanol–water partition coefficient (Wildman–Crippen LogP) is 4.94. The lowest BCUT2D eigenvalue weighted by molar-refractivity contribution is -0.137. The maximum Gasteiger partial charge on any atom is 0.419 e. The molecule has 158 valence electrons. The average Bonchev–Trinajstić information content (AvgIpc) is 3.18. The number of anilines is 1. The summed E-state index contributed by atoms with van der Waals surface area (Å²) in [6, 6.07) is 11.4. The van der Waals surface area contributed by atoms with E-state index in [4.69, 9.17) is 4.42 Å². The van der Waals surface area contributed by atoms with E-state index in [0.29, 0.717) is 25.1 Å². The maximum absolute atomic E-state index is 13.4. The number of aromatic nitrogens is 1. The molecular weight excluding hydrogens is 395 g/mol. The number of benzene rings is 1. The summed E-state index contributed by atoms with van der Waals surface area (Å²) in [5.41, 5.74) is -0.0334. The molecule has 0 spiro atoms. The first-order valence-corrected chi connectivity index (χ1v) is 9.89. The zero-order valence-corrected chi connectivity index (χ0v) is 16.4. The summed E-state index contributed by atoms with van der Waals surface area (Å²) in [6.07, 6.45) is -1.92. The smallest absolute Gasteiger partial charge is 0.419 e. The third-order valence-electron chi connectivity index (χ3n) is 5.41. The molecule has 1 saturated heterocycles. The van der Waals surface area contributed by atoms with Gasteiger partial charge in [-0.15, -0.1) is 0 Å². The van der Waals surface area contributed by atoms with E-state index in [1.807, 2.05) is 37.3 Å². The number of piperidine rings is 1. The molecule has 2 atom stereocenters. The molecule has 0 radical (unpaired) electrons. The van der Waals surface area contributed by atoms with Gasteiger partial charge in [0.05, 0.1) is 17.5 Å². The van der Waals surface area contributed by atoms with Crippen molar-refractivity contribution in [2.75, 3.05) is 18.0 Å². The van der Waals surface area contributed by atoms with Crippen molar-refractivity contribution in [3.63, 3.8) is 0 Å². The van der Waals surface area contributed by atoms with Gasteiger partial charge in [0.2, 0.25) is 5.91 Å². The van der Waals surface area contributed by atoms with E-state index in [0.717, 1.165) is 17.0 Å². The van der Waals surface area contributed by atoms with E-state index in [-0.39, 0.29) is 24.3 Å². The van der Waals surface area contributed by atoms with E-state index in [9.17, 15) is 18.0 Å². The number of hydrogen-bond acceptors (Lipinski definition) is 4. The molecule has 1 amide bonds. The number of carbonyl (C=O) groups is 1. The van der Waals surface area contributed by atoms with E-state index >= 15 is 0 Å². The second kappa shape index (κ2) is 8.01. The molecule has 0 aliphatic carbocycles. The van der Waals surface area contributed by atoms with Crippen LogP contribution in [0.4, 0.5) is 19.0 Å². The van der Waals surface area contributed by atoms with Crippen molar-refractivity contribution < 1.29 is 22.4 Å². The number of fused-ring (bicyclic) bond motifs is 1. The Labute approximate surface area is 171 Å². The van der Waals surface area contributed by atoms with Crippen LogP contribution in [0.5, 0.6) is 0 Å². The van der Waals surface area contributed by atoms with Crippen molar-refractivity contribution in [3.8, 4) is 0 Å². The van der Waals surface area contributed by atoms with Crippen LogP contribution in [0.2, 0.25) is 0 Å². The van der Waals surface area contributed by atoms with Crippen LogP contribution in [-0.2, 0) is 11.0 Å². The Morgan fingerprint density at radius 3 is 2.83 bits per heavy atom. The predicted molar refractivity (Wildman–Crippen MR) is 107 cm³/mol. The summed E-state index contributed by atoms with van der Waals surface area (Å²) in [7, 11) is 0. The summed E-state index contributed by atoms with van der Waals surface area (Å²) in [5.74, 6) is -0.0973. The van der Waals surface area contributed by atoms with Gasteiger partial charge in [0, 0.05) is 24.7 Å². The number of nitrogens with zero attached hydrogens (tertiary/aromatic N) is 2. The van der Waals surface area contributed by atoms with Crippen LogP contribution in [0.25, 0.3) is 11.0 Å². The van der Waals surface area contributed by atoms with Crippen LogP contribution in [0.15, 0.2) is 53.1 Å². The molecule has 3 aromatic rings. The van der Waals surface area contributed by atoms with Crippen molar-refractivity contribution >= 4 is 22.7 Å². The SMILES string of the molecule is CC(NC(=O)C1CCCN(c2ncccc2C(F)(F)F)C1)c1cc2ccccc2o1. The highest BCUT2D eigenvalue weighted by Gasteiger charge is 2.37. The Hall–Kier alpha value is -3.03. The second-order valence-electron chi connectivity index (χ2n) is 7.57. The summed E-state index contributed by atoms with van der Waals surface area (Å²) >= 11 is 0. The van der Waals surface area contributed by atoms with Gasteiger partial charge in [-0.1, -0.05) is 18.2 Å². The molecule has 0 saturated carbocycles. The Morgan fingerprint density at radius 1 is 1.27 bits per heavy atom. The van der Waals surface area contributed by atoms with E-state index < -0.39 is 17.7 Å². The fourth-order valence-corrected chi connectivity index (χ4v) is 3.87. The highest BCUT2D eigenvalue weighted by Crippen LogP contribution is 2.36. The molecule has 5 nitrogen and oxygen atoms in total. The van der Waals surface area contributed by atoms with Gasteiger partial charge in [0.25, 0.3) is 0 Å². The number of amides is 1. The molecule has 0 bridgehead atoms.